The average Bonchev–Trinajstić information content (AvgIpc) is 3.19. The van der Waals surface area contributed by atoms with Gasteiger partial charge in [-0.15, -0.1) is 10.2 Å². The first-order valence-corrected chi connectivity index (χ1v) is 11.2. The van der Waals surface area contributed by atoms with Gasteiger partial charge in [-0.2, -0.15) is 0 Å². The number of aryl methyl sites for hydroxylation is 1. The van der Waals surface area contributed by atoms with Crippen LogP contribution in [0.4, 0.5) is 0 Å². The van der Waals surface area contributed by atoms with Crippen molar-refractivity contribution in [2.45, 2.75) is 32.6 Å². The normalized spacial score (nSPS) is 12.0. The van der Waals surface area contributed by atoms with E-state index in [1.165, 1.54) is 17.0 Å². The molecule has 0 bridgehead atoms. The van der Waals surface area contributed by atoms with Crippen molar-refractivity contribution < 1.29 is 8.42 Å². The molecular formula is C20H21N7O3S. The molecule has 10 nitrogen and oxygen atoms in total. The Kier molecular flexibility index (Phi) is 5.15. The Balaban J connectivity index is 1.85. The van der Waals surface area contributed by atoms with Crippen LogP contribution in [-0.2, 0) is 15.8 Å². The lowest BCUT2D eigenvalue weighted by molar-refractivity contribution is 0.597. The average molecular weight is 440 g/mol. The highest BCUT2D eigenvalue weighted by Crippen LogP contribution is 2.20. The van der Waals surface area contributed by atoms with Crippen LogP contribution in [0.15, 0.2) is 47.8 Å². The second-order valence-corrected chi connectivity index (χ2v) is 9.17. The van der Waals surface area contributed by atoms with Crippen molar-refractivity contribution >= 4 is 20.9 Å². The van der Waals surface area contributed by atoms with Gasteiger partial charge in [-0.05, 0) is 56.2 Å². The van der Waals surface area contributed by atoms with Gasteiger partial charge in [0.15, 0.2) is 5.82 Å². The van der Waals surface area contributed by atoms with E-state index in [0.29, 0.717) is 34.0 Å². The molecule has 0 fully saturated rings. The van der Waals surface area contributed by atoms with E-state index in [4.69, 9.17) is 5.14 Å². The van der Waals surface area contributed by atoms with Crippen molar-refractivity contribution in [3.63, 3.8) is 0 Å². The maximum atomic E-state index is 13.2. The molecule has 0 saturated heterocycles. The highest BCUT2D eigenvalue weighted by molar-refractivity contribution is 7.88. The van der Waals surface area contributed by atoms with Crippen LogP contribution >= 0.6 is 0 Å². The molecule has 3 aromatic heterocycles. The number of nitrogens with two attached hydrogens (primary N) is 1. The first kappa shape index (κ1) is 20.8. The van der Waals surface area contributed by atoms with E-state index in [1.54, 1.807) is 37.5 Å². The van der Waals surface area contributed by atoms with Crippen LogP contribution in [0.3, 0.4) is 0 Å². The molecule has 11 heteroatoms. The van der Waals surface area contributed by atoms with E-state index in [-0.39, 0.29) is 22.7 Å². The monoisotopic (exact) mass is 439 g/mol. The largest absolute Gasteiger partial charge is 0.310 e. The molecule has 0 unspecified atom stereocenters. The summed E-state index contributed by atoms with van der Waals surface area (Å²) in [6.07, 6.45) is 3.04. The molecule has 0 aliphatic rings. The molecule has 31 heavy (non-hydrogen) atoms. The van der Waals surface area contributed by atoms with Gasteiger partial charge in [0.25, 0.3) is 5.56 Å². The summed E-state index contributed by atoms with van der Waals surface area (Å²) in [4.78, 5) is 22.1. The van der Waals surface area contributed by atoms with Crippen molar-refractivity contribution in [3.8, 4) is 17.3 Å². The maximum Gasteiger partial charge on any atom is 0.266 e. The fraction of sp³-hybridized carbons (Fsp3) is 0.250. The summed E-state index contributed by atoms with van der Waals surface area (Å²) in [5, 5.41) is 13.6. The van der Waals surface area contributed by atoms with Gasteiger partial charge in [-0.3, -0.25) is 9.36 Å². The third-order valence-electron chi connectivity index (χ3n) is 4.91. The number of pyridine rings is 1. The van der Waals surface area contributed by atoms with Crippen molar-refractivity contribution in [1.29, 1.82) is 0 Å². The van der Waals surface area contributed by atoms with Gasteiger partial charge in [0.05, 0.1) is 16.7 Å². The van der Waals surface area contributed by atoms with E-state index in [0.717, 1.165) is 0 Å². The molecule has 0 saturated carbocycles. The van der Waals surface area contributed by atoms with Crippen LogP contribution in [0.25, 0.3) is 28.2 Å². The summed E-state index contributed by atoms with van der Waals surface area (Å²) in [6, 6.07) is 8.60. The number of fused-ring (bicyclic) bond motifs is 1. The number of nitrogens with zero attached hydrogens (tertiary/aromatic N) is 6. The molecule has 0 atom stereocenters. The summed E-state index contributed by atoms with van der Waals surface area (Å²) in [5.74, 6) is 0.593. The molecule has 0 amide bonds. The Morgan fingerprint density at radius 3 is 2.65 bits per heavy atom. The highest BCUT2D eigenvalue weighted by Gasteiger charge is 2.15. The molecule has 4 rings (SSSR count). The fourth-order valence-corrected chi connectivity index (χ4v) is 4.08. The summed E-state index contributed by atoms with van der Waals surface area (Å²) in [7, 11) is -3.74. The minimum Gasteiger partial charge on any atom is -0.310 e. The molecule has 0 spiro atoms. The summed E-state index contributed by atoms with van der Waals surface area (Å²) in [5.41, 5.74) is 1.82. The predicted molar refractivity (Wildman–Crippen MR) is 116 cm³/mol. The SMILES string of the molecule is Cc1cc2ncn(-c3cccc(-c4nncn4C(C)C)n3)c(=O)c2cc1CS(N)(=O)=O. The van der Waals surface area contributed by atoms with E-state index in [1.807, 2.05) is 18.4 Å². The minimum absolute atomic E-state index is 0.140. The van der Waals surface area contributed by atoms with Gasteiger partial charge in [0.1, 0.15) is 24.2 Å². The number of sulfonamides is 1. The number of hydrogen-bond donors (Lipinski definition) is 1. The van der Waals surface area contributed by atoms with Crippen LogP contribution < -0.4 is 10.7 Å². The van der Waals surface area contributed by atoms with Crippen molar-refractivity contribution in [2.75, 3.05) is 0 Å². The summed E-state index contributed by atoms with van der Waals surface area (Å²) < 4.78 is 26.3. The zero-order valence-corrected chi connectivity index (χ0v) is 18.0. The number of primary sulfonamides is 1. The molecule has 0 aliphatic carbocycles. The third-order valence-corrected chi connectivity index (χ3v) is 5.63. The molecule has 0 radical (unpaired) electrons. The summed E-state index contributed by atoms with van der Waals surface area (Å²) >= 11 is 0. The van der Waals surface area contributed by atoms with Crippen LogP contribution in [-0.4, -0.2) is 37.7 Å². The molecular weight excluding hydrogens is 418 g/mol. The number of rotatable bonds is 5. The minimum atomic E-state index is -3.74. The first-order valence-electron chi connectivity index (χ1n) is 9.53. The molecule has 1 aromatic carbocycles. The number of aromatic nitrogens is 6. The Morgan fingerprint density at radius 1 is 1.16 bits per heavy atom. The molecule has 160 valence electrons. The van der Waals surface area contributed by atoms with Crippen LogP contribution in [0.2, 0.25) is 0 Å². The number of hydrogen-bond acceptors (Lipinski definition) is 7. The van der Waals surface area contributed by atoms with Crippen molar-refractivity contribution in [2.24, 2.45) is 5.14 Å². The van der Waals surface area contributed by atoms with Crippen molar-refractivity contribution in [1.82, 2.24) is 29.3 Å². The maximum absolute atomic E-state index is 13.2. The van der Waals surface area contributed by atoms with E-state index in [2.05, 4.69) is 20.2 Å². The van der Waals surface area contributed by atoms with Gasteiger partial charge in [0.2, 0.25) is 10.0 Å². The smallest absolute Gasteiger partial charge is 0.266 e. The van der Waals surface area contributed by atoms with E-state index < -0.39 is 10.0 Å². The lowest BCUT2D eigenvalue weighted by atomic mass is 10.1. The molecule has 3 heterocycles. The topological polar surface area (TPSA) is 139 Å². The standard InChI is InChI=1S/C20H21N7O3S/c1-12(2)26-11-23-25-19(26)16-5-4-6-18(24-16)27-10-22-17-7-13(3)14(9-31(21,29)30)8-15(17)20(27)28/h4-8,10-12H,9H2,1-3H3,(H2,21,29,30). The zero-order chi connectivity index (χ0) is 22.3. The Morgan fingerprint density at radius 2 is 1.94 bits per heavy atom. The fourth-order valence-electron chi connectivity index (χ4n) is 3.34. The number of benzene rings is 1. The highest BCUT2D eigenvalue weighted by atomic mass is 32.2. The van der Waals surface area contributed by atoms with Crippen LogP contribution in [0.5, 0.6) is 0 Å². The van der Waals surface area contributed by atoms with E-state index >= 15 is 0 Å². The van der Waals surface area contributed by atoms with Gasteiger partial charge in [-0.25, -0.2) is 23.5 Å². The zero-order valence-electron chi connectivity index (χ0n) is 17.2. The van der Waals surface area contributed by atoms with E-state index in [9.17, 15) is 13.2 Å². The second-order valence-electron chi connectivity index (χ2n) is 7.56. The molecule has 2 N–H and O–H groups in total. The molecule has 0 aliphatic heterocycles. The van der Waals surface area contributed by atoms with Crippen LogP contribution in [0, 0.1) is 6.92 Å². The van der Waals surface area contributed by atoms with Crippen LogP contribution in [0.1, 0.15) is 31.0 Å². The Labute approximate surface area is 178 Å². The lowest BCUT2D eigenvalue weighted by Gasteiger charge is -2.12. The quantitative estimate of drug-likeness (QED) is 0.499. The third kappa shape index (κ3) is 4.09. The van der Waals surface area contributed by atoms with Gasteiger partial charge in [-0.1, -0.05) is 6.07 Å². The van der Waals surface area contributed by atoms with Gasteiger partial charge in [0, 0.05) is 6.04 Å². The van der Waals surface area contributed by atoms with Crippen molar-refractivity contribution in [3.05, 3.63) is 64.5 Å². The lowest BCUT2D eigenvalue weighted by Crippen LogP contribution is -2.21. The van der Waals surface area contributed by atoms with Gasteiger partial charge >= 0.3 is 0 Å². The second kappa shape index (κ2) is 7.67. The first-order chi connectivity index (χ1) is 14.6. The predicted octanol–water partition coefficient (Wildman–Crippen LogP) is 1.72. The Bertz CT molecular complexity index is 1460. The Hall–Kier alpha value is -3.44. The molecule has 4 aromatic rings. The summed E-state index contributed by atoms with van der Waals surface area (Å²) in [6.45, 7) is 5.77. The van der Waals surface area contributed by atoms with Gasteiger partial charge < -0.3 is 4.57 Å².